The monoisotopic (exact) mass is 432 g/mol. The van der Waals surface area contributed by atoms with Crippen molar-refractivity contribution < 1.29 is 4.39 Å². The van der Waals surface area contributed by atoms with Crippen molar-refractivity contribution in [2.45, 2.75) is 39.2 Å². The van der Waals surface area contributed by atoms with Crippen LogP contribution in [0.2, 0.25) is 0 Å². The molecule has 8 heteroatoms. The molecule has 2 heterocycles. The maximum atomic E-state index is 13.1. The van der Waals surface area contributed by atoms with Crippen molar-refractivity contribution in [1.29, 1.82) is 0 Å². The summed E-state index contributed by atoms with van der Waals surface area (Å²) < 4.78 is 13.8. The summed E-state index contributed by atoms with van der Waals surface area (Å²) in [5, 5.41) is 13.8. The fourth-order valence-electron chi connectivity index (χ4n) is 2.44. The number of benzene rings is 1. The van der Waals surface area contributed by atoms with Gasteiger partial charge in [-0.25, -0.2) is 9.37 Å². The Labute approximate surface area is 166 Å². The first-order valence-corrected chi connectivity index (χ1v) is 9.39. The van der Waals surface area contributed by atoms with Crippen LogP contribution < -0.4 is 10.6 Å². The van der Waals surface area contributed by atoms with Crippen LogP contribution in [-0.4, -0.2) is 20.2 Å². The van der Waals surface area contributed by atoms with Crippen LogP contribution in [0.3, 0.4) is 0 Å². The lowest BCUT2D eigenvalue weighted by molar-refractivity contribution is 0.567. The molecule has 0 aliphatic heterocycles. The van der Waals surface area contributed by atoms with Crippen LogP contribution >= 0.6 is 15.9 Å². The molecular formula is C19H22BrFN6. The molecule has 3 aromatic rings. The Bertz CT molecular complexity index is 917. The van der Waals surface area contributed by atoms with Crippen LogP contribution in [0.15, 0.2) is 41.0 Å². The van der Waals surface area contributed by atoms with Crippen LogP contribution in [0.25, 0.3) is 0 Å². The minimum Gasteiger partial charge on any atom is -0.348 e. The second-order valence-corrected chi connectivity index (χ2v) is 8.20. The highest BCUT2D eigenvalue weighted by Gasteiger charge is 2.17. The van der Waals surface area contributed by atoms with E-state index in [-0.39, 0.29) is 17.3 Å². The van der Waals surface area contributed by atoms with Crippen LogP contribution in [0.1, 0.15) is 45.0 Å². The van der Waals surface area contributed by atoms with E-state index in [4.69, 9.17) is 0 Å². The highest BCUT2D eigenvalue weighted by molar-refractivity contribution is 9.10. The van der Waals surface area contributed by atoms with Gasteiger partial charge in [0.05, 0.1) is 10.5 Å². The number of halogens is 2. The maximum absolute atomic E-state index is 13.1. The molecule has 6 nitrogen and oxygen atoms in total. The standard InChI is InChI=1S/C19H22BrFN6/c1-11(12-5-7-13(21)8-6-12)23-18-22-10-14(20)17(25-18)24-16-9-15(26-27-16)19(2,3)4/h5-11H,1-4H3,(H3,22,23,24,25,26,27)/t11-/m0/s1. The molecule has 2 aromatic heterocycles. The zero-order valence-electron chi connectivity index (χ0n) is 15.6. The van der Waals surface area contributed by atoms with Gasteiger partial charge in [0, 0.05) is 23.4 Å². The summed E-state index contributed by atoms with van der Waals surface area (Å²) in [6, 6.07) is 8.24. The summed E-state index contributed by atoms with van der Waals surface area (Å²) in [5.74, 6) is 1.48. The number of nitrogens with zero attached hydrogens (tertiary/aromatic N) is 3. The smallest absolute Gasteiger partial charge is 0.225 e. The minimum absolute atomic E-state index is 0.0207. The lowest BCUT2D eigenvalue weighted by Crippen LogP contribution is -2.11. The van der Waals surface area contributed by atoms with Gasteiger partial charge in [0.25, 0.3) is 0 Å². The SMILES string of the molecule is C[C@H](Nc1ncc(Br)c(Nc2cc(C(C)(C)C)[nH]n2)n1)c1ccc(F)cc1. The number of hydrogen-bond donors (Lipinski definition) is 3. The van der Waals surface area contributed by atoms with Crippen LogP contribution in [-0.2, 0) is 5.41 Å². The zero-order chi connectivity index (χ0) is 19.6. The maximum Gasteiger partial charge on any atom is 0.225 e. The topological polar surface area (TPSA) is 78.5 Å². The van der Waals surface area contributed by atoms with Crippen molar-refractivity contribution >= 4 is 33.5 Å². The van der Waals surface area contributed by atoms with E-state index < -0.39 is 0 Å². The average Bonchev–Trinajstić information content (AvgIpc) is 3.07. The Kier molecular flexibility index (Phi) is 5.46. The van der Waals surface area contributed by atoms with E-state index in [1.54, 1.807) is 18.3 Å². The Hall–Kier alpha value is -2.48. The summed E-state index contributed by atoms with van der Waals surface area (Å²) >= 11 is 3.46. The first kappa shape index (κ1) is 19.3. The Morgan fingerprint density at radius 1 is 1.19 bits per heavy atom. The van der Waals surface area contributed by atoms with Crippen molar-refractivity contribution in [1.82, 2.24) is 20.2 Å². The van der Waals surface area contributed by atoms with Gasteiger partial charge in [0.2, 0.25) is 5.95 Å². The molecule has 0 radical (unpaired) electrons. The first-order valence-electron chi connectivity index (χ1n) is 8.60. The number of hydrogen-bond acceptors (Lipinski definition) is 5. The van der Waals surface area contributed by atoms with E-state index in [0.29, 0.717) is 17.6 Å². The van der Waals surface area contributed by atoms with Crippen molar-refractivity contribution in [2.24, 2.45) is 0 Å². The molecule has 0 unspecified atom stereocenters. The van der Waals surface area contributed by atoms with Gasteiger partial charge < -0.3 is 10.6 Å². The van der Waals surface area contributed by atoms with E-state index in [1.807, 2.05) is 13.0 Å². The van der Waals surface area contributed by atoms with Gasteiger partial charge in [-0.15, -0.1) is 0 Å². The average molecular weight is 433 g/mol. The third-order valence-electron chi connectivity index (χ3n) is 4.09. The molecule has 1 atom stereocenters. The largest absolute Gasteiger partial charge is 0.348 e. The summed E-state index contributed by atoms with van der Waals surface area (Å²) in [6.07, 6.45) is 1.67. The van der Waals surface area contributed by atoms with Gasteiger partial charge in [0.15, 0.2) is 11.6 Å². The van der Waals surface area contributed by atoms with Crippen LogP contribution in [0, 0.1) is 5.82 Å². The van der Waals surface area contributed by atoms with Crippen molar-refractivity contribution in [3.63, 3.8) is 0 Å². The molecule has 0 saturated carbocycles. The Morgan fingerprint density at radius 2 is 1.89 bits per heavy atom. The number of nitrogens with one attached hydrogen (secondary N) is 3. The summed E-state index contributed by atoms with van der Waals surface area (Å²) in [7, 11) is 0. The second kappa shape index (κ2) is 7.64. The highest BCUT2D eigenvalue weighted by Crippen LogP contribution is 2.27. The number of aromatic amines is 1. The van der Waals surface area contributed by atoms with E-state index in [0.717, 1.165) is 15.7 Å². The number of aromatic nitrogens is 4. The second-order valence-electron chi connectivity index (χ2n) is 7.35. The Morgan fingerprint density at radius 3 is 2.52 bits per heavy atom. The molecular weight excluding hydrogens is 411 g/mol. The van der Waals surface area contributed by atoms with Gasteiger partial charge in [-0.1, -0.05) is 32.9 Å². The predicted molar refractivity (Wildman–Crippen MR) is 109 cm³/mol. The summed E-state index contributed by atoms with van der Waals surface area (Å²) in [5.41, 5.74) is 1.95. The molecule has 1 aromatic carbocycles. The van der Waals surface area contributed by atoms with Gasteiger partial charge in [-0.05, 0) is 40.5 Å². The van der Waals surface area contributed by atoms with E-state index in [9.17, 15) is 4.39 Å². The van der Waals surface area contributed by atoms with Gasteiger partial charge >= 0.3 is 0 Å². The van der Waals surface area contributed by atoms with Crippen molar-refractivity contribution in [2.75, 3.05) is 10.6 Å². The molecule has 0 aliphatic carbocycles. The molecule has 0 amide bonds. The van der Waals surface area contributed by atoms with Gasteiger partial charge in [0.1, 0.15) is 5.82 Å². The number of rotatable bonds is 5. The fraction of sp³-hybridized carbons (Fsp3) is 0.316. The molecule has 0 bridgehead atoms. The van der Waals surface area contributed by atoms with Gasteiger partial charge in [-0.2, -0.15) is 10.1 Å². The molecule has 0 aliphatic rings. The molecule has 0 fully saturated rings. The predicted octanol–water partition coefficient (Wildman–Crippen LogP) is 5.32. The zero-order valence-corrected chi connectivity index (χ0v) is 17.2. The normalized spacial score (nSPS) is 12.7. The third-order valence-corrected chi connectivity index (χ3v) is 4.67. The van der Waals surface area contributed by atoms with Crippen molar-refractivity contribution in [3.05, 3.63) is 58.1 Å². The molecule has 0 spiro atoms. The van der Waals surface area contributed by atoms with Crippen LogP contribution in [0.4, 0.5) is 22.0 Å². The number of anilines is 3. The molecule has 0 saturated heterocycles. The van der Waals surface area contributed by atoms with Crippen molar-refractivity contribution in [3.8, 4) is 0 Å². The fourth-order valence-corrected chi connectivity index (χ4v) is 2.73. The van der Waals surface area contributed by atoms with Gasteiger partial charge in [-0.3, -0.25) is 5.10 Å². The quantitative estimate of drug-likeness (QED) is 0.508. The lowest BCUT2D eigenvalue weighted by Gasteiger charge is -2.15. The van der Waals surface area contributed by atoms with E-state index in [2.05, 4.69) is 67.5 Å². The summed E-state index contributed by atoms with van der Waals surface area (Å²) in [6.45, 7) is 8.31. The highest BCUT2D eigenvalue weighted by atomic mass is 79.9. The Balaban J connectivity index is 1.76. The summed E-state index contributed by atoms with van der Waals surface area (Å²) in [4.78, 5) is 8.81. The van der Waals surface area contributed by atoms with Crippen LogP contribution in [0.5, 0.6) is 0 Å². The lowest BCUT2D eigenvalue weighted by atomic mass is 9.92. The molecule has 3 N–H and O–H groups in total. The molecule has 142 valence electrons. The minimum atomic E-state index is -0.258. The molecule has 3 rings (SSSR count). The van der Waals surface area contributed by atoms with E-state index >= 15 is 0 Å². The number of H-pyrrole nitrogens is 1. The first-order chi connectivity index (χ1) is 12.7. The van der Waals surface area contributed by atoms with E-state index in [1.165, 1.54) is 12.1 Å². The third kappa shape index (κ3) is 4.82. The molecule has 27 heavy (non-hydrogen) atoms.